The molecular formula is C9H20N2O2. The van der Waals surface area contributed by atoms with Crippen molar-refractivity contribution in [3.63, 3.8) is 0 Å². The van der Waals surface area contributed by atoms with Crippen molar-refractivity contribution in [3.8, 4) is 0 Å². The summed E-state index contributed by atoms with van der Waals surface area (Å²) in [4.78, 5) is 13.3. The van der Waals surface area contributed by atoms with Crippen LogP contribution >= 0.6 is 0 Å². The van der Waals surface area contributed by atoms with Gasteiger partial charge in [0, 0.05) is 19.6 Å². The maximum absolute atomic E-state index is 11.6. The zero-order chi connectivity index (χ0) is 10.3. The molecule has 1 amide bonds. The molecule has 0 aromatic carbocycles. The van der Waals surface area contributed by atoms with Gasteiger partial charge >= 0.3 is 0 Å². The SMILES string of the molecule is CCN(CC)C(=O)C(C)OCCN. The molecule has 1 unspecified atom stereocenters. The number of hydrogen-bond acceptors (Lipinski definition) is 3. The number of likely N-dealkylation sites (N-methyl/N-ethyl adjacent to an activating group) is 1. The van der Waals surface area contributed by atoms with Gasteiger partial charge in [-0.3, -0.25) is 4.79 Å². The standard InChI is InChI=1S/C9H20N2O2/c1-4-11(5-2)9(12)8(3)13-7-6-10/h8H,4-7,10H2,1-3H3. The molecule has 0 aliphatic rings. The Morgan fingerprint density at radius 1 is 1.46 bits per heavy atom. The van der Waals surface area contributed by atoms with Crippen molar-refractivity contribution >= 4 is 5.91 Å². The van der Waals surface area contributed by atoms with Gasteiger partial charge in [-0.15, -0.1) is 0 Å². The molecule has 0 aliphatic heterocycles. The van der Waals surface area contributed by atoms with Gasteiger partial charge in [0.2, 0.25) is 0 Å². The number of carbonyl (C=O) groups excluding carboxylic acids is 1. The molecule has 78 valence electrons. The number of rotatable bonds is 6. The molecule has 0 rings (SSSR count). The molecule has 0 saturated heterocycles. The third kappa shape index (κ3) is 4.24. The smallest absolute Gasteiger partial charge is 0.251 e. The van der Waals surface area contributed by atoms with E-state index in [-0.39, 0.29) is 12.0 Å². The fourth-order valence-corrected chi connectivity index (χ4v) is 1.11. The van der Waals surface area contributed by atoms with Gasteiger partial charge in [-0.05, 0) is 20.8 Å². The van der Waals surface area contributed by atoms with E-state index in [9.17, 15) is 4.79 Å². The normalized spacial score (nSPS) is 12.6. The van der Waals surface area contributed by atoms with E-state index in [4.69, 9.17) is 10.5 Å². The highest BCUT2D eigenvalue weighted by atomic mass is 16.5. The molecule has 4 nitrogen and oxygen atoms in total. The minimum absolute atomic E-state index is 0.0402. The van der Waals surface area contributed by atoms with Gasteiger partial charge in [0.25, 0.3) is 5.91 Å². The first-order valence-electron chi connectivity index (χ1n) is 4.77. The Bertz CT molecular complexity index is 147. The Morgan fingerprint density at radius 2 is 2.00 bits per heavy atom. The van der Waals surface area contributed by atoms with Crippen LogP contribution in [-0.2, 0) is 9.53 Å². The number of nitrogens with zero attached hydrogens (tertiary/aromatic N) is 1. The van der Waals surface area contributed by atoms with Gasteiger partial charge in [-0.1, -0.05) is 0 Å². The van der Waals surface area contributed by atoms with Gasteiger partial charge < -0.3 is 15.4 Å². The first kappa shape index (κ1) is 12.4. The monoisotopic (exact) mass is 188 g/mol. The molecule has 0 spiro atoms. The third-order valence-electron chi connectivity index (χ3n) is 1.91. The maximum Gasteiger partial charge on any atom is 0.251 e. The zero-order valence-electron chi connectivity index (χ0n) is 8.75. The minimum atomic E-state index is -0.372. The van der Waals surface area contributed by atoms with Crippen molar-refractivity contribution in [1.29, 1.82) is 0 Å². The van der Waals surface area contributed by atoms with Crippen LogP contribution in [0.4, 0.5) is 0 Å². The second kappa shape index (κ2) is 6.86. The summed E-state index contributed by atoms with van der Waals surface area (Å²) >= 11 is 0. The van der Waals surface area contributed by atoms with Crippen LogP contribution in [0.1, 0.15) is 20.8 Å². The van der Waals surface area contributed by atoms with Crippen molar-refractivity contribution in [2.24, 2.45) is 5.73 Å². The molecule has 0 fully saturated rings. The Hall–Kier alpha value is -0.610. The van der Waals surface area contributed by atoms with E-state index < -0.39 is 0 Å². The van der Waals surface area contributed by atoms with Crippen LogP contribution in [0.25, 0.3) is 0 Å². The van der Waals surface area contributed by atoms with Crippen molar-refractivity contribution in [3.05, 3.63) is 0 Å². The first-order chi connectivity index (χ1) is 6.17. The van der Waals surface area contributed by atoms with E-state index in [1.807, 2.05) is 13.8 Å². The summed E-state index contributed by atoms with van der Waals surface area (Å²) in [6.07, 6.45) is -0.372. The van der Waals surface area contributed by atoms with Crippen LogP contribution in [0.3, 0.4) is 0 Å². The van der Waals surface area contributed by atoms with Crippen LogP contribution in [0.5, 0.6) is 0 Å². The first-order valence-corrected chi connectivity index (χ1v) is 4.77. The molecule has 4 heteroatoms. The molecule has 1 atom stereocenters. The second-order valence-corrected chi connectivity index (χ2v) is 2.81. The molecule has 0 aromatic heterocycles. The van der Waals surface area contributed by atoms with Crippen LogP contribution in [0, 0.1) is 0 Å². The number of hydrogen-bond donors (Lipinski definition) is 1. The lowest BCUT2D eigenvalue weighted by atomic mass is 10.3. The van der Waals surface area contributed by atoms with Crippen LogP contribution in [0.2, 0.25) is 0 Å². The number of carbonyl (C=O) groups is 1. The van der Waals surface area contributed by atoms with Crippen LogP contribution in [-0.4, -0.2) is 43.2 Å². The van der Waals surface area contributed by atoms with Crippen molar-refractivity contribution in [2.45, 2.75) is 26.9 Å². The van der Waals surface area contributed by atoms with E-state index in [1.165, 1.54) is 0 Å². The summed E-state index contributed by atoms with van der Waals surface area (Å²) in [6, 6.07) is 0. The van der Waals surface area contributed by atoms with E-state index in [2.05, 4.69) is 0 Å². The Kier molecular flexibility index (Phi) is 6.54. The molecule has 0 aromatic rings. The van der Waals surface area contributed by atoms with Gasteiger partial charge in [-0.25, -0.2) is 0 Å². The van der Waals surface area contributed by atoms with Crippen LogP contribution in [0.15, 0.2) is 0 Å². The summed E-state index contributed by atoms with van der Waals surface area (Å²) < 4.78 is 5.22. The lowest BCUT2D eigenvalue weighted by Gasteiger charge is -2.22. The lowest BCUT2D eigenvalue weighted by Crippen LogP contribution is -2.39. The highest BCUT2D eigenvalue weighted by Crippen LogP contribution is 1.98. The highest BCUT2D eigenvalue weighted by Gasteiger charge is 2.17. The summed E-state index contributed by atoms with van der Waals surface area (Å²) in [6.45, 7) is 8.02. The predicted molar refractivity (Wildman–Crippen MR) is 52.4 cm³/mol. The topological polar surface area (TPSA) is 55.6 Å². The number of amides is 1. The van der Waals surface area contributed by atoms with E-state index >= 15 is 0 Å². The third-order valence-corrected chi connectivity index (χ3v) is 1.91. The molecule has 0 saturated carbocycles. The van der Waals surface area contributed by atoms with E-state index in [0.29, 0.717) is 13.2 Å². The quantitative estimate of drug-likeness (QED) is 0.648. The predicted octanol–water partition coefficient (Wildman–Crippen LogP) is 0.219. The van der Waals surface area contributed by atoms with E-state index in [1.54, 1.807) is 11.8 Å². The van der Waals surface area contributed by atoms with Gasteiger partial charge in [0.1, 0.15) is 6.10 Å². The van der Waals surface area contributed by atoms with E-state index in [0.717, 1.165) is 13.1 Å². The van der Waals surface area contributed by atoms with Gasteiger partial charge in [0.05, 0.1) is 6.61 Å². The number of nitrogens with two attached hydrogens (primary N) is 1. The second-order valence-electron chi connectivity index (χ2n) is 2.81. The summed E-state index contributed by atoms with van der Waals surface area (Å²) in [5.74, 6) is 0.0402. The molecule has 0 aliphatic carbocycles. The molecule has 0 bridgehead atoms. The zero-order valence-corrected chi connectivity index (χ0v) is 8.75. The fourth-order valence-electron chi connectivity index (χ4n) is 1.11. The fraction of sp³-hybridized carbons (Fsp3) is 0.889. The number of ether oxygens (including phenoxy) is 1. The van der Waals surface area contributed by atoms with Crippen molar-refractivity contribution in [1.82, 2.24) is 4.90 Å². The van der Waals surface area contributed by atoms with Gasteiger partial charge in [-0.2, -0.15) is 0 Å². The Morgan fingerprint density at radius 3 is 2.38 bits per heavy atom. The van der Waals surface area contributed by atoms with Gasteiger partial charge in [0.15, 0.2) is 0 Å². The maximum atomic E-state index is 11.6. The minimum Gasteiger partial charge on any atom is -0.367 e. The Balaban J connectivity index is 3.92. The average molecular weight is 188 g/mol. The average Bonchev–Trinajstić information content (AvgIpc) is 2.15. The summed E-state index contributed by atoms with van der Waals surface area (Å²) in [5.41, 5.74) is 5.27. The summed E-state index contributed by atoms with van der Waals surface area (Å²) in [5, 5.41) is 0. The lowest BCUT2D eigenvalue weighted by molar-refractivity contribution is -0.142. The highest BCUT2D eigenvalue weighted by molar-refractivity contribution is 5.80. The molecule has 0 radical (unpaired) electrons. The van der Waals surface area contributed by atoms with Crippen molar-refractivity contribution in [2.75, 3.05) is 26.2 Å². The molecular weight excluding hydrogens is 168 g/mol. The Labute approximate surface area is 80.0 Å². The van der Waals surface area contributed by atoms with Crippen molar-refractivity contribution < 1.29 is 9.53 Å². The molecule has 2 N–H and O–H groups in total. The summed E-state index contributed by atoms with van der Waals surface area (Å²) in [7, 11) is 0. The van der Waals surface area contributed by atoms with Crippen LogP contribution < -0.4 is 5.73 Å². The molecule has 0 heterocycles. The molecule has 13 heavy (non-hydrogen) atoms. The largest absolute Gasteiger partial charge is 0.367 e.